The highest BCUT2D eigenvalue weighted by Crippen LogP contribution is 2.27. The van der Waals surface area contributed by atoms with Gasteiger partial charge in [-0.15, -0.1) is 11.3 Å². The third-order valence-corrected chi connectivity index (χ3v) is 6.90. The van der Waals surface area contributed by atoms with E-state index in [1.807, 2.05) is 24.3 Å². The van der Waals surface area contributed by atoms with Gasteiger partial charge >= 0.3 is 6.18 Å². The molecule has 14 heteroatoms. The van der Waals surface area contributed by atoms with Crippen molar-refractivity contribution in [3.05, 3.63) is 51.8 Å². The van der Waals surface area contributed by atoms with E-state index in [0.29, 0.717) is 29.2 Å². The first-order valence-electron chi connectivity index (χ1n) is 11.0. The van der Waals surface area contributed by atoms with Crippen molar-refractivity contribution in [3.63, 3.8) is 0 Å². The molecule has 2 unspecified atom stereocenters. The summed E-state index contributed by atoms with van der Waals surface area (Å²) in [5.74, 6) is -0.735. The minimum absolute atomic E-state index is 0.0952. The van der Waals surface area contributed by atoms with E-state index in [-0.39, 0.29) is 29.8 Å². The number of oxime groups is 1. The van der Waals surface area contributed by atoms with Gasteiger partial charge in [0, 0.05) is 25.5 Å². The van der Waals surface area contributed by atoms with Crippen LogP contribution in [-0.2, 0) is 16.6 Å². The van der Waals surface area contributed by atoms with Gasteiger partial charge in [0.05, 0.1) is 34.5 Å². The van der Waals surface area contributed by atoms with Gasteiger partial charge in [-0.05, 0) is 18.2 Å². The number of benzene rings is 1. The number of ether oxygens (including phenoxy) is 1. The lowest BCUT2D eigenvalue weighted by molar-refractivity contribution is -0.218. The Balaban J connectivity index is 1.24. The summed E-state index contributed by atoms with van der Waals surface area (Å²) in [6.07, 6.45) is -6.84. The molecule has 2 N–H and O–H groups in total. The molecule has 2 aliphatic heterocycles. The normalized spacial score (nSPS) is 20.1. The maximum absolute atomic E-state index is 13.5. The Bertz CT molecular complexity index is 1340. The second kappa shape index (κ2) is 9.43. The average Bonchev–Trinajstić information content (AvgIpc) is 3.59. The van der Waals surface area contributed by atoms with E-state index < -0.39 is 24.4 Å². The van der Waals surface area contributed by atoms with E-state index in [0.717, 1.165) is 16.7 Å². The molecule has 0 bridgehead atoms. The number of carbonyl (C=O) groups is 2. The van der Waals surface area contributed by atoms with Gasteiger partial charge in [0.2, 0.25) is 0 Å². The predicted molar refractivity (Wildman–Crippen MR) is 124 cm³/mol. The minimum Gasteiger partial charge on any atom is -0.377 e. The van der Waals surface area contributed by atoms with Gasteiger partial charge in [0.15, 0.2) is 5.84 Å². The smallest absolute Gasteiger partial charge is 0.377 e. The summed E-state index contributed by atoms with van der Waals surface area (Å²) in [5, 5.41) is 13.5. The van der Waals surface area contributed by atoms with Crippen LogP contribution in [0.1, 0.15) is 25.0 Å². The number of nitrogens with zero attached hydrogens (tertiary/aromatic N) is 4. The van der Waals surface area contributed by atoms with Crippen LogP contribution in [-0.4, -0.2) is 77.1 Å². The topological polar surface area (TPSA) is 110 Å². The molecule has 190 valence electrons. The van der Waals surface area contributed by atoms with E-state index >= 15 is 0 Å². The Labute approximate surface area is 206 Å². The van der Waals surface area contributed by atoms with E-state index in [9.17, 15) is 22.8 Å². The zero-order chi connectivity index (χ0) is 25.4. The number of amides is 2. The molecular weight excluding hydrogens is 501 g/mol. The number of aromatic nitrogens is 2. The molecule has 1 fully saturated rings. The number of carbonyl (C=O) groups excluding carboxylic acids is 2. The molecule has 2 atom stereocenters. The molecule has 0 radical (unpaired) electrons. The van der Waals surface area contributed by atoms with Crippen molar-refractivity contribution in [2.45, 2.75) is 18.4 Å². The number of nitrogens with one attached hydrogen (secondary N) is 2. The molecule has 0 aliphatic carbocycles. The van der Waals surface area contributed by atoms with Crippen molar-refractivity contribution in [3.8, 4) is 0 Å². The van der Waals surface area contributed by atoms with E-state index in [2.05, 4.69) is 25.7 Å². The quantitative estimate of drug-likeness (QED) is 0.531. The molecular formula is C22H21F3N6O4S. The monoisotopic (exact) mass is 522 g/mol. The molecule has 2 aromatic heterocycles. The van der Waals surface area contributed by atoms with Crippen LogP contribution in [0.5, 0.6) is 0 Å². The second-order valence-corrected chi connectivity index (χ2v) is 9.29. The molecule has 2 amide bonds. The van der Waals surface area contributed by atoms with Crippen molar-refractivity contribution >= 4 is 39.9 Å². The molecule has 0 spiro atoms. The maximum atomic E-state index is 13.5. The number of hydrogen-bond donors (Lipinski definition) is 2. The van der Waals surface area contributed by atoms with Crippen LogP contribution < -0.4 is 10.6 Å². The summed E-state index contributed by atoms with van der Waals surface area (Å²) >= 11 is 0.970. The third-order valence-electron chi connectivity index (χ3n) is 5.81. The number of thiophene rings is 1. The summed E-state index contributed by atoms with van der Waals surface area (Å²) in [5.41, 5.74) is 1.17. The first-order valence-corrected chi connectivity index (χ1v) is 11.8. The summed E-state index contributed by atoms with van der Waals surface area (Å²) in [7, 11) is 1.71. The highest BCUT2D eigenvalue weighted by atomic mass is 32.1. The average molecular weight is 523 g/mol. The van der Waals surface area contributed by atoms with Crippen molar-refractivity contribution in [2.24, 2.45) is 12.2 Å². The van der Waals surface area contributed by atoms with Gasteiger partial charge in [-0.3, -0.25) is 14.3 Å². The SMILES string of the molecule is Cn1nc2ccccc2c1C(=O)N1CCOCC1CNC(=O)c1ccc(C2=NOC(C(F)(F)F)N2)s1. The largest absolute Gasteiger partial charge is 0.448 e. The fraction of sp³-hybridized carbons (Fsp3) is 0.364. The maximum Gasteiger partial charge on any atom is 0.448 e. The number of amidine groups is 1. The molecule has 4 heterocycles. The minimum atomic E-state index is -4.62. The summed E-state index contributed by atoms with van der Waals surface area (Å²) in [6, 6.07) is 9.93. The molecule has 2 aliphatic rings. The predicted octanol–water partition coefficient (Wildman–Crippen LogP) is 2.08. The number of halogens is 3. The summed E-state index contributed by atoms with van der Waals surface area (Å²) in [6.45, 7) is 1.10. The molecule has 10 nitrogen and oxygen atoms in total. The van der Waals surface area contributed by atoms with Crippen LogP contribution in [0.25, 0.3) is 10.9 Å². The lowest BCUT2D eigenvalue weighted by Gasteiger charge is -2.35. The number of morpholine rings is 1. The zero-order valence-corrected chi connectivity index (χ0v) is 19.7. The van der Waals surface area contributed by atoms with Crippen LogP contribution in [0.2, 0.25) is 0 Å². The Kier molecular flexibility index (Phi) is 6.30. The fourth-order valence-electron chi connectivity index (χ4n) is 4.05. The van der Waals surface area contributed by atoms with Crippen LogP contribution in [0.4, 0.5) is 13.2 Å². The highest BCUT2D eigenvalue weighted by molar-refractivity contribution is 7.16. The van der Waals surface area contributed by atoms with Crippen LogP contribution in [0, 0.1) is 0 Å². The lowest BCUT2D eigenvalue weighted by atomic mass is 10.1. The Morgan fingerprint density at radius 1 is 1.25 bits per heavy atom. The Morgan fingerprint density at radius 3 is 2.83 bits per heavy atom. The first-order chi connectivity index (χ1) is 17.2. The van der Waals surface area contributed by atoms with Crippen LogP contribution in [0.3, 0.4) is 0 Å². The molecule has 36 heavy (non-hydrogen) atoms. The van der Waals surface area contributed by atoms with Crippen LogP contribution in [0.15, 0.2) is 41.6 Å². The first kappa shape index (κ1) is 24.1. The van der Waals surface area contributed by atoms with E-state index in [4.69, 9.17) is 4.74 Å². The number of rotatable bonds is 5. The number of alkyl halides is 3. The zero-order valence-electron chi connectivity index (χ0n) is 18.9. The van der Waals surface area contributed by atoms with Gasteiger partial charge in [-0.25, -0.2) is 0 Å². The number of fused-ring (bicyclic) bond motifs is 1. The van der Waals surface area contributed by atoms with Gasteiger partial charge in [-0.2, -0.15) is 18.3 Å². The number of aryl methyl sites for hydroxylation is 1. The standard InChI is InChI=1S/C22H21F3N6O4S/c1-30-17(13-4-2-3-5-14(13)28-30)20(33)31-8-9-34-11-12(31)10-26-19(32)16-7-6-15(36-16)18-27-21(35-29-18)22(23,24)25/h2-7,12,21H,8-11H2,1H3,(H,26,32)(H,27,29). The van der Waals surface area contributed by atoms with Gasteiger partial charge < -0.3 is 25.1 Å². The van der Waals surface area contributed by atoms with Crippen LogP contribution >= 0.6 is 11.3 Å². The summed E-state index contributed by atoms with van der Waals surface area (Å²) in [4.78, 5) is 32.8. The molecule has 3 aromatic rings. The molecule has 5 rings (SSSR count). The van der Waals surface area contributed by atoms with Crippen molar-refractivity contribution in [1.29, 1.82) is 0 Å². The van der Waals surface area contributed by atoms with E-state index in [1.165, 1.54) is 12.1 Å². The fourth-order valence-corrected chi connectivity index (χ4v) is 4.92. The Hall–Kier alpha value is -3.65. The molecule has 1 saturated heterocycles. The van der Waals surface area contributed by atoms with Crippen molar-refractivity contribution in [2.75, 3.05) is 26.3 Å². The number of hydrogen-bond acceptors (Lipinski definition) is 8. The molecule has 1 aromatic carbocycles. The molecule has 0 saturated carbocycles. The van der Waals surface area contributed by atoms with Crippen molar-refractivity contribution in [1.82, 2.24) is 25.3 Å². The third kappa shape index (κ3) is 4.60. The summed E-state index contributed by atoms with van der Waals surface area (Å²) < 4.78 is 45.4. The second-order valence-electron chi connectivity index (χ2n) is 8.20. The van der Waals surface area contributed by atoms with Crippen molar-refractivity contribution < 1.29 is 32.3 Å². The van der Waals surface area contributed by atoms with Gasteiger partial charge in [0.1, 0.15) is 5.69 Å². The highest BCUT2D eigenvalue weighted by Gasteiger charge is 2.46. The van der Waals surface area contributed by atoms with E-state index in [1.54, 1.807) is 16.6 Å². The van der Waals surface area contributed by atoms with Gasteiger partial charge in [-0.1, -0.05) is 23.4 Å². The Morgan fingerprint density at radius 2 is 2.06 bits per heavy atom. The lowest BCUT2D eigenvalue weighted by Crippen LogP contribution is -2.53. The van der Waals surface area contributed by atoms with Gasteiger partial charge in [0.25, 0.3) is 18.0 Å².